The van der Waals surface area contributed by atoms with Crippen LogP contribution in [-0.2, 0) is 4.74 Å². The van der Waals surface area contributed by atoms with E-state index in [1.807, 2.05) is 38.1 Å². The predicted molar refractivity (Wildman–Crippen MR) is 120 cm³/mol. The lowest BCUT2D eigenvalue weighted by atomic mass is 10.4. The number of ether oxygens (including phenoxy) is 1. The molecular weight excluding hydrogens is 573 g/mol. The van der Waals surface area contributed by atoms with Crippen LogP contribution in [0.5, 0.6) is 0 Å². The maximum atomic E-state index is 5.70. The first-order chi connectivity index (χ1) is 10.9. The molecule has 0 bridgehead atoms. The summed E-state index contributed by atoms with van der Waals surface area (Å²) in [5.41, 5.74) is 1.92. The molecule has 3 rings (SSSR count). The van der Waals surface area contributed by atoms with Crippen molar-refractivity contribution in [3.8, 4) is 0 Å². The zero-order valence-corrected chi connectivity index (χ0v) is 18.8. The largest absolute Gasteiger partial charge is 0.381 e. The molecule has 0 radical (unpaired) electrons. The van der Waals surface area contributed by atoms with Crippen LogP contribution >= 0.6 is 68.4 Å². The van der Waals surface area contributed by atoms with Crippen LogP contribution in [0, 0.1) is 21.0 Å². The molecule has 0 atom stereocenters. The van der Waals surface area contributed by atoms with Crippen LogP contribution < -0.4 is 0 Å². The molecule has 1 fully saturated rings. The number of pyridine rings is 2. The summed E-state index contributed by atoms with van der Waals surface area (Å²) in [6, 6.07) is 7.69. The Bertz CT molecular complexity index is 565. The van der Waals surface area contributed by atoms with Gasteiger partial charge in [0.05, 0.1) is 3.57 Å². The summed E-state index contributed by atoms with van der Waals surface area (Å²) >= 11 is 15.7. The molecule has 1 saturated heterocycles. The Morgan fingerprint density at radius 3 is 1.96 bits per heavy atom. The SMILES string of the molecule is C.C1CCOC1.Cc1cc(I)cc(Cl)n1.Cc1ccc(I)c(Cl)n1. The van der Waals surface area contributed by atoms with E-state index in [2.05, 4.69) is 55.1 Å². The number of halogens is 4. The van der Waals surface area contributed by atoms with Crippen LogP contribution in [0.2, 0.25) is 10.3 Å². The molecule has 3 heterocycles. The van der Waals surface area contributed by atoms with Crippen molar-refractivity contribution in [2.45, 2.75) is 34.1 Å². The van der Waals surface area contributed by atoms with E-state index >= 15 is 0 Å². The van der Waals surface area contributed by atoms with E-state index in [4.69, 9.17) is 27.9 Å². The van der Waals surface area contributed by atoms with Gasteiger partial charge in [-0.3, -0.25) is 0 Å². The predicted octanol–water partition coefficient (Wildman–Crippen LogP) is 6.73. The number of hydrogen-bond donors (Lipinski definition) is 0. The van der Waals surface area contributed by atoms with Crippen molar-refractivity contribution in [3.05, 3.63) is 53.1 Å². The standard InChI is InChI=1S/2C6H5ClIN.C4H8O.CH4/c1-4-2-5(8)3-6(7)9-4;1-4-2-3-5(8)6(7)9-4;1-2-4-5-3-1;/h2*2-3H,1H3;1-4H2;1H4. The Kier molecular flexibility index (Phi) is 13.7. The minimum absolute atomic E-state index is 0. The Balaban J connectivity index is 0.000000337. The van der Waals surface area contributed by atoms with Gasteiger partial charge in [0.25, 0.3) is 0 Å². The molecule has 0 saturated carbocycles. The van der Waals surface area contributed by atoms with Gasteiger partial charge in [0.2, 0.25) is 0 Å². The normalized spacial score (nSPS) is 12.2. The number of hydrogen-bond acceptors (Lipinski definition) is 3. The Labute approximate surface area is 182 Å². The van der Waals surface area contributed by atoms with Crippen LogP contribution in [0.25, 0.3) is 0 Å². The fraction of sp³-hybridized carbons (Fsp3) is 0.412. The number of aromatic nitrogens is 2. The molecule has 0 aliphatic carbocycles. The third kappa shape index (κ3) is 11.0. The van der Waals surface area contributed by atoms with Crippen molar-refractivity contribution < 1.29 is 4.74 Å². The Morgan fingerprint density at radius 2 is 1.58 bits per heavy atom. The minimum atomic E-state index is 0. The zero-order chi connectivity index (χ0) is 17.2. The average Bonchev–Trinajstić information content (AvgIpc) is 3.02. The fourth-order valence-corrected chi connectivity index (χ4v) is 3.28. The van der Waals surface area contributed by atoms with E-state index in [1.54, 1.807) is 0 Å². The van der Waals surface area contributed by atoms with Crippen molar-refractivity contribution in [3.63, 3.8) is 0 Å². The van der Waals surface area contributed by atoms with E-state index in [0.29, 0.717) is 10.3 Å². The molecule has 134 valence electrons. The van der Waals surface area contributed by atoms with Gasteiger partial charge in [0, 0.05) is 28.2 Å². The van der Waals surface area contributed by atoms with E-state index in [-0.39, 0.29) is 7.43 Å². The Morgan fingerprint density at radius 1 is 0.958 bits per heavy atom. The highest BCUT2D eigenvalue weighted by Crippen LogP contribution is 2.14. The highest BCUT2D eigenvalue weighted by Gasteiger charge is 1.95. The number of rotatable bonds is 0. The first kappa shape index (κ1) is 24.3. The molecule has 1 aliphatic rings. The van der Waals surface area contributed by atoms with Gasteiger partial charge in [0.1, 0.15) is 10.3 Å². The van der Waals surface area contributed by atoms with Crippen molar-refractivity contribution >= 4 is 68.4 Å². The summed E-state index contributed by atoms with van der Waals surface area (Å²) in [7, 11) is 0. The maximum Gasteiger partial charge on any atom is 0.142 e. The van der Waals surface area contributed by atoms with Crippen LogP contribution in [0.1, 0.15) is 31.7 Å². The molecule has 7 heteroatoms. The fourth-order valence-electron chi connectivity index (χ4n) is 1.61. The topological polar surface area (TPSA) is 35.0 Å². The Hall–Kier alpha value is 0.300. The summed E-state index contributed by atoms with van der Waals surface area (Å²) in [6.07, 6.45) is 2.56. The third-order valence-electron chi connectivity index (χ3n) is 2.66. The second kappa shape index (κ2) is 13.5. The monoisotopic (exact) mass is 594 g/mol. The van der Waals surface area contributed by atoms with Crippen molar-refractivity contribution in [2.75, 3.05) is 13.2 Å². The molecule has 0 N–H and O–H groups in total. The van der Waals surface area contributed by atoms with Crippen LogP contribution in [0.3, 0.4) is 0 Å². The van der Waals surface area contributed by atoms with Gasteiger partial charge >= 0.3 is 0 Å². The molecule has 1 aliphatic heterocycles. The van der Waals surface area contributed by atoms with Crippen LogP contribution in [0.15, 0.2) is 24.3 Å². The zero-order valence-electron chi connectivity index (χ0n) is 13.0. The van der Waals surface area contributed by atoms with Crippen molar-refractivity contribution in [1.82, 2.24) is 9.97 Å². The quantitative estimate of drug-likeness (QED) is 0.251. The molecule has 0 unspecified atom stereocenters. The van der Waals surface area contributed by atoms with Crippen LogP contribution in [-0.4, -0.2) is 23.2 Å². The van der Waals surface area contributed by atoms with E-state index in [9.17, 15) is 0 Å². The smallest absolute Gasteiger partial charge is 0.142 e. The number of aryl methyl sites for hydroxylation is 2. The van der Waals surface area contributed by atoms with Gasteiger partial charge in [-0.2, -0.15) is 0 Å². The summed E-state index contributed by atoms with van der Waals surface area (Å²) in [6.45, 7) is 5.84. The molecule has 2 aromatic rings. The van der Waals surface area contributed by atoms with E-state index in [0.717, 1.165) is 31.7 Å². The molecule has 0 spiro atoms. The summed E-state index contributed by atoms with van der Waals surface area (Å²) in [5.74, 6) is 0. The lowest BCUT2D eigenvalue weighted by Crippen LogP contribution is -1.82. The van der Waals surface area contributed by atoms with Crippen LogP contribution in [0.4, 0.5) is 0 Å². The molecule has 0 amide bonds. The highest BCUT2D eigenvalue weighted by atomic mass is 127. The average molecular weight is 595 g/mol. The van der Waals surface area contributed by atoms with Gasteiger partial charge in [-0.1, -0.05) is 30.6 Å². The lowest BCUT2D eigenvalue weighted by Gasteiger charge is -1.93. The third-order valence-corrected chi connectivity index (χ3v) is 4.95. The van der Waals surface area contributed by atoms with Gasteiger partial charge in [0.15, 0.2) is 0 Å². The molecule has 24 heavy (non-hydrogen) atoms. The molecular formula is C17H22Cl2I2N2O. The van der Waals surface area contributed by atoms with Crippen molar-refractivity contribution in [2.24, 2.45) is 0 Å². The minimum Gasteiger partial charge on any atom is -0.381 e. The van der Waals surface area contributed by atoms with Crippen molar-refractivity contribution in [1.29, 1.82) is 0 Å². The summed E-state index contributed by atoms with van der Waals surface area (Å²) < 4.78 is 7.07. The first-order valence-electron chi connectivity index (χ1n) is 7.04. The highest BCUT2D eigenvalue weighted by molar-refractivity contribution is 14.1. The second-order valence-corrected chi connectivity index (χ2v) is 7.95. The molecule has 2 aromatic heterocycles. The first-order valence-corrected chi connectivity index (χ1v) is 9.96. The summed E-state index contributed by atoms with van der Waals surface area (Å²) in [4.78, 5) is 8.03. The van der Waals surface area contributed by atoms with E-state index < -0.39 is 0 Å². The lowest BCUT2D eigenvalue weighted by molar-refractivity contribution is 0.198. The second-order valence-electron chi connectivity index (χ2n) is 4.79. The maximum absolute atomic E-state index is 5.70. The van der Waals surface area contributed by atoms with Gasteiger partial charge in [-0.05, 0) is 96.1 Å². The number of nitrogens with zero attached hydrogens (tertiary/aromatic N) is 2. The van der Waals surface area contributed by atoms with Gasteiger partial charge < -0.3 is 4.74 Å². The summed E-state index contributed by atoms with van der Waals surface area (Å²) in [5, 5.41) is 1.16. The molecule has 0 aromatic carbocycles. The van der Waals surface area contributed by atoms with Gasteiger partial charge in [-0.25, -0.2) is 9.97 Å². The molecule has 3 nitrogen and oxygen atoms in total. The van der Waals surface area contributed by atoms with E-state index in [1.165, 1.54) is 12.8 Å². The van der Waals surface area contributed by atoms with Gasteiger partial charge in [-0.15, -0.1) is 0 Å².